The number of hydrazine groups is 1. The highest BCUT2D eigenvalue weighted by molar-refractivity contribution is 6.32. The molecule has 1 aliphatic heterocycles. The Labute approximate surface area is 210 Å². The molecule has 0 fully saturated rings. The zero-order valence-corrected chi connectivity index (χ0v) is 20.2. The summed E-state index contributed by atoms with van der Waals surface area (Å²) in [4.78, 5) is 32.0. The van der Waals surface area contributed by atoms with Crippen molar-refractivity contribution in [3.8, 4) is 6.07 Å². The second-order valence-electron chi connectivity index (χ2n) is 8.09. The second kappa shape index (κ2) is 12.9. The van der Waals surface area contributed by atoms with Crippen molar-refractivity contribution in [3.05, 3.63) is 64.6 Å². The van der Waals surface area contributed by atoms with E-state index in [1.807, 2.05) is 44.2 Å². The predicted molar refractivity (Wildman–Crippen MR) is 126 cm³/mol. The van der Waals surface area contributed by atoms with Gasteiger partial charge in [-0.2, -0.15) is 23.4 Å². The number of amides is 1. The third kappa shape index (κ3) is 8.83. The fourth-order valence-corrected chi connectivity index (χ4v) is 3.20. The zero-order valence-electron chi connectivity index (χ0n) is 19.5. The summed E-state index contributed by atoms with van der Waals surface area (Å²) in [6.07, 6.45) is 0.589. The van der Waals surface area contributed by atoms with Crippen molar-refractivity contribution in [2.75, 3.05) is 24.6 Å². The molecule has 2 heterocycles. The van der Waals surface area contributed by atoms with Crippen LogP contribution in [0.1, 0.15) is 35.6 Å². The van der Waals surface area contributed by atoms with E-state index in [0.29, 0.717) is 17.9 Å². The van der Waals surface area contributed by atoms with E-state index in [1.165, 1.54) is 6.20 Å². The molecule has 36 heavy (non-hydrogen) atoms. The summed E-state index contributed by atoms with van der Waals surface area (Å²) in [7, 11) is 0. The minimum absolute atomic E-state index is 0.00633. The lowest BCUT2D eigenvalue weighted by molar-refractivity contribution is -0.192. The molecule has 1 aromatic heterocycles. The van der Waals surface area contributed by atoms with Crippen LogP contribution >= 0.6 is 11.6 Å². The summed E-state index contributed by atoms with van der Waals surface area (Å²) in [5, 5.41) is 18.0. The lowest BCUT2D eigenvalue weighted by Gasteiger charge is -2.26. The molecule has 2 aromatic rings. The van der Waals surface area contributed by atoms with E-state index in [-0.39, 0.29) is 22.7 Å². The maximum atomic E-state index is 12.8. The number of aromatic nitrogens is 2. The molecule has 0 bridgehead atoms. The van der Waals surface area contributed by atoms with Crippen LogP contribution in [0, 0.1) is 17.2 Å². The molecule has 0 atom stereocenters. The highest BCUT2D eigenvalue weighted by Crippen LogP contribution is 2.22. The molecule has 2 N–H and O–H groups in total. The normalized spacial score (nSPS) is 13.1. The number of rotatable bonds is 7. The van der Waals surface area contributed by atoms with Gasteiger partial charge in [0.2, 0.25) is 5.82 Å². The van der Waals surface area contributed by atoms with E-state index < -0.39 is 12.1 Å². The lowest BCUT2D eigenvalue weighted by atomic mass is 10.1. The number of hydrogen-bond donors (Lipinski definition) is 2. The number of benzene rings is 1. The Morgan fingerprint density at radius 2 is 1.83 bits per heavy atom. The van der Waals surface area contributed by atoms with Crippen LogP contribution in [0.3, 0.4) is 0 Å². The number of halogens is 4. The van der Waals surface area contributed by atoms with E-state index in [1.54, 1.807) is 5.01 Å². The predicted octanol–water partition coefficient (Wildman–Crippen LogP) is 3.81. The standard InChI is InChI=1S/C21H23ClN6O.C2HF3O2/c1-15(2)13-28(20-18(22)12-24-19(11-23)25-20)26-21(29)17-7-5-16(6-8-17)14-27-9-3-4-10-27;3-2(4,5)1(6)7/h3-8,12,15H,9-10,13-14H2,1-2H3,(H,26,29);(H,6,7). The molecule has 192 valence electrons. The van der Waals surface area contributed by atoms with Gasteiger partial charge in [0.25, 0.3) is 5.91 Å². The number of hydrogen-bond acceptors (Lipinski definition) is 7. The average Bonchev–Trinajstić information content (AvgIpc) is 3.32. The summed E-state index contributed by atoms with van der Waals surface area (Å²) in [6, 6.07) is 9.44. The molecule has 0 saturated carbocycles. The zero-order chi connectivity index (χ0) is 26.9. The van der Waals surface area contributed by atoms with Gasteiger partial charge in [-0.15, -0.1) is 0 Å². The Bertz CT molecular complexity index is 1130. The highest BCUT2D eigenvalue weighted by atomic mass is 35.5. The van der Waals surface area contributed by atoms with Crippen LogP contribution in [-0.2, 0) is 11.3 Å². The fourth-order valence-electron chi connectivity index (χ4n) is 3.01. The van der Waals surface area contributed by atoms with Crippen LogP contribution in [0.15, 0.2) is 42.6 Å². The summed E-state index contributed by atoms with van der Waals surface area (Å²) in [6.45, 7) is 7.27. The molecule has 0 saturated heterocycles. The molecule has 0 spiro atoms. The van der Waals surface area contributed by atoms with E-state index in [2.05, 4.69) is 32.4 Å². The number of nitriles is 1. The van der Waals surface area contributed by atoms with Gasteiger partial charge in [-0.3, -0.25) is 20.1 Å². The van der Waals surface area contributed by atoms with E-state index in [4.69, 9.17) is 26.8 Å². The van der Waals surface area contributed by atoms with Gasteiger partial charge in [-0.05, 0) is 23.6 Å². The van der Waals surface area contributed by atoms with Gasteiger partial charge in [0.05, 0.1) is 6.20 Å². The second-order valence-corrected chi connectivity index (χ2v) is 8.49. The topological polar surface area (TPSA) is 122 Å². The molecule has 0 unspecified atom stereocenters. The smallest absolute Gasteiger partial charge is 0.475 e. The monoisotopic (exact) mass is 524 g/mol. The molecule has 9 nitrogen and oxygen atoms in total. The van der Waals surface area contributed by atoms with Crippen molar-refractivity contribution in [1.82, 2.24) is 20.3 Å². The molecule has 1 aromatic carbocycles. The number of alkyl halides is 3. The van der Waals surface area contributed by atoms with Gasteiger partial charge < -0.3 is 5.11 Å². The SMILES string of the molecule is CC(C)CN(NC(=O)c1ccc(CN2CC=CC2)cc1)c1nc(C#N)ncc1Cl.O=C(O)C(F)(F)F. The Balaban J connectivity index is 0.000000572. The van der Waals surface area contributed by atoms with E-state index in [9.17, 15) is 18.0 Å². The quantitative estimate of drug-likeness (QED) is 0.414. The summed E-state index contributed by atoms with van der Waals surface area (Å²) < 4.78 is 31.7. The van der Waals surface area contributed by atoms with Crippen molar-refractivity contribution < 1.29 is 27.9 Å². The van der Waals surface area contributed by atoms with Crippen LogP contribution in [-0.4, -0.2) is 57.7 Å². The Morgan fingerprint density at radius 3 is 2.33 bits per heavy atom. The third-order valence-electron chi connectivity index (χ3n) is 4.62. The number of anilines is 1. The van der Waals surface area contributed by atoms with Crippen molar-refractivity contribution in [2.45, 2.75) is 26.6 Å². The van der Waals surface area contributed by atoms with Crippen LogP contribution in [0.2, 0.25) is 5.02 Å². The number of carbonyl (C=O) groups excluding carboxylic acids is 1. The van der Waals surface area contributed by atoms with Gasteiger partial charge in [0, 0.05) is 31.7 Å². The molecular formula is C23H24ClF3N6O3. The van der Waals surface area contributed by atoms with Crippen LogP contribution in [0.4, 0.5) is 19.0 Å². The van der Waals surface area contributed by atoms with E-state index in [0.717, 1.165) is 25.2 Å². The van der Waals surface area contributed by atoms with Crippen molar-refractivity contribution in [3.63, 3.8) is 0 Å². The van der Waals surface area contributed by atoms with Crippen LogP contribution < -0.4 is 10.4 Å². The Kier molecular flexibility index (Phi) is 10.2. The molecule has 1 amide bonds. The minimum Gasteiger partial charge on any atom is -0.475 e. The third-order valence-corrected chi connectivity index (χ3v) is 4.89. The molecule has 3 rings (SSSR count). The van der Waals surface area contributed by atoms with Gasteiger partial charge in [-0.25, -0.2) is 9.78 Å². The van der Waals surface area contributed by atoms with Gasteiger partial charge in [-0.1, -0.05) is 49.7 Å². The van der Waals surface area contributed by atoms with Crippen molar-refractivity contribution in [1.29, 1.82) is 5.26 Å². The minimum atomic E-state index is -5.08. The summed E-state index contributed by atoms with van der Waals surface area (Å²) in [5.41, 5.74) is 4.54. The number of nitrogens with one attached hydrogen (secondary N) is 1. The van der Waals surface area contributed by atoms with E-state index >= 15 is 0 Å². The van der Waals surface area contributed by atoms with Crippen molar-refractivity contribution >= 4 is 29.3 Å². The van der Waals surface area contributed by atoms with Gasteiger partial charge in [0.1, 0.15) is 11.1 Å². The molecule has 0 radical (unpaired) electrons. The maximum Gasteiger partial charge on any atom is 0.490 e. The van der Waals surface area contributed by atoms with Gasteiger partial charge >= 0.3 is 12.1 Å². The largest absolute Gasteiger partial charge is 0.490 e. The number of nitrogens with zero attached hydrogens (tertiary/aromatic N) is 5. The average molecular weight is 525 g/mol. The first-order valence-electron chi connectivity index (χ1n) is 10.7. The first kappa shape index (κ1) is 28.5. The first-order chi connectivity index (χ1) is 16.9. The molecule has 0 aliphatic carbocycles. The van der Waals surface area contributed by atoms with Crippen LogP contribution in [0.25, 0.3) is 0 Å². The Hall–Kier alpha value is -3.69. The number of carbonyl (C=O) groups is 2. The van der Waals surface area contributed by atoms with Crippen LogP contribution in [0.5, 0.6) is 0 Å². The Morgan fingerprint density at radius 1 is 1.25 bits per heavy atom. The lowest BCUT2D eigenvalue weighted by Crippen LogP contribution is -2.45. The fraction of sp³-hybridized carbons (Fsp3) is 0.348. The summed E-state index contributed by atoms with van der Waals surface area (Å²) in [5.74, 6) is -2.50. The molecule has 1 aliphatic rings. The van der Waals surface area contributed by atoms with Crippen molar-refractivity contribution in [2.24, 2.45) is 5.92 Å². The number of carboxylic acid groups (broad SMARTS) is 1. The number of aliphatic carboxylic acids is 1. The first-order valence-corrected chi connectivity index (χ1v) is 11.1. The van der Waals surface area contributed by atoms with Gasteiger partial charge in [0.15, 0.2) is 5.82 Å². The molecular weight excluding hydrogens is 501 g/mol. The maximum absolute atomic E-state index is 12.8. The highest BCUT2D eigenvalue weighted by Gasteiger charge is 2.38. The molecule has 13 heteroatoms. The summed E-state index contributed by atoms with van der Waals surface area (Å²) >= 11 is 6.23. The number of carboxylic acids is 1.